The van der Waals surface area contributed by atoms with Crippen LogP contribution in [0.1, 0.15) is 40.7 Å². The van der Waals surface area contributed by atoms with Crippen molar-refractivity contribution in [1.82, 2.24) is 10.2 Å². The molecule has 0 unspecified atom stereocenters. The molecule has 27 heavy (non-hydrogen) atoms. The lowest BCUT2D eigenvalue weighted by Gasteiger charge is -2.26. The average molecular weight is 403 g/mol. The van der Waals surface area contributed by atoms with Gasteiger partial charge in [-0.2, -0.15) is 0 Å². The molecule has 1 amide bonds. The molecule has 0 spiro atoms. The fourth-order valence-electron chi connectivity index (χ4n) is 3.18. The first-order chi connectivity index (χ1) is 13.1. The van der Waals surface area contributed by atoms with Gasteiger partial charge in [0.1, 0.15) is 0 Å². The van der Waals surface area contributed by atoms with Crippen molar-refractivity contribution in [3.05, 3.63) is 69.2 Å². The van der Waals surface area contributed by atoms with E-state index in [1.54, 1.807) is 6.07 Å². The van der Waals surface area contributed by atoms with Gasteiger partial charge >= 0.3 is 0 Å². The topological polar surface area (TPSA) is 32.3 Å². The van der Waals surface area contributed by atoms with Crippen LogP contribution in [0.5, 0.6) is 0 Å². The summed E-state index contributed by atoms with van der Waals surface area (Å²) in [5.74, 6) is -0.0247. The van der Waals surface area contributed by atoms with Crippen LogP contribution in [0.25, 0.3) is 12.2 Å². The summed E-state index contributed by atoms with van der Waals surface area (Å²) < 4.78 is 0. The van der Waals surface area contributed by atoms with Crippen molar-refractivity contribution in [2.45, 2.75) is 19.3 Å². The van der Waals surface area contributed by atoms with Crippen molar-refractivity contribution in [2.75, 3.05) is 26.2 Å². The van der Waals surface area contributed by atoms with Gasteiger partial charge in [0.25, 0.3) is 5.91 Å². The second-order valence-electron chi connectivity index (χ2n) is 6.78. The average Bonchev–Trinajstić information content (AvgIpc) is 2.68. The number of nitrogens with one attached hydrogen (secondary N) is 1. The molecule has 0 aliphatic carbocycles. The Morgan fingerprint density at radius 2 is 1.74 bits per heavy atom. The highest BCUT2D eigenvalue weighted by atomic mass is 35.5. The van der Waals surface area contributed by atoms with Crippen molar-refractivity contribution in [2.24, 2.45) is 0 Å². The van der Waals surface area contributed by atoms with E-state index in [0.717, 1.165) is 30.8 Å². The molecule has 1 N–H and O–H groups in total. The first-order valence-electron chi connectivity index (χ1n) is 9.35. The van der Waals surface area contributed by atoms with Crippen LogP contribution >= 0.6 is 23.2 Å². The Labute approximate surface area is 171 Å². The van der Waals surface area contributed by atoms with Gasteiger partial charge in [0.05, 0.1) is 0 Å². The number of carbonyl (C=O) groups is 1. The van der Waals surface area contributed by atoms with Crippen LogP contribution in [0.4, 0.5) is 0 Å². The predicted molar refractivity (Wildman–Crippen MR) is 114 cm³/mol. The summed E-state index contributed by atoms with van der Waals surface area (Å²) in [5, 5.41) is 4.24. The number of benzene rings is 2. The molecule has 0 bridgehead atoms. The van der Waals surface area contributed by atoms with Gasteiger partial charge < -0.3 is 10.2 Å². The minimum absolute atomic E-state index is 0.0247. The van der Waals surface area contributed by atoms with Gasteiger partial charge in [-0.15, -0.1) is 0 Å². The third-order valence-electron chi connectivity index (χ3n) is 4.75. The largest absolute Gasteiger partial charge is 0.351 e. The first-order valence-corrected chi connectivity index (χ1v) is 10.1. The van der Waals surface area contributed by atoms with E-state index in [1.165, 1.54) is 19.3 Å². The lowest BCUT2D eigenvalue weighted by atomic mass is 10.1. The predicted octanol–water partition coefficient (Wildman–Crippen LogP) is 5.38. The maximum absolute atomic E-state index is 12.3. The Morgan fingerprint density at radius 1 is 1.00 bits per heavy atom. The molecule has 1 heterocycles. The number of rotatable bonds is 6. The molecular formula is C22H24Cl2N2O. The number of hydrogen-bond acceptors (Lipinski definition) is 2. The monoisotopic (exact) mass is 402 g/mol. The molecule has 0 radical (unpaired) electrons. The van der Waals surface area contributed by atoms with Crippen molar-refractivity contribution in [3.8, 4) is 0 Å². The lowest BCUT2D eigenvalue weighted by molar-refractivity contribution is 0.0946. The van der Waals surface area contributed by atoms with E-state index in [1.807, 2.05) is 48.6 Å². The lowest BCUT2D eigenvalue weighted by Crippen LogP contribution is -2.37. The Kier molecular flexibility index (Phi) is 7.33. The molecule has 1 aliphatic rings. The highest BCUT2D eigenvalue weighted by Gasteiger charge is 2.10. The number of halogens is 2. The summed E-state index contributed by atoms with van der Waals surface area (Å²) >= 11 is 12.1. The van der Waals surface area contributed by atoms with Crippen LogP contribution in [0.15, 0.2) is 42.5 Å². The van der Waals surface area contributed by atoms with Crippen molar-refractivity contribution < 1.29 is 4.79 Å². The second-order valence-corrected chi connectivity index (χ2v) is 7.62. The summed E-state index contributed by atoms with van der Waals surface area (Å²) in [6, 6.07) is 13.0. The minimum Gasteiger partial charge on any atom is -0.351 e. The first kappa shape index (κ1) is 19.9. The number of carbonyl (C=O) groups excluding carboxylic acids is 1. The fourth-order valence-corrected chi connectivity index (χ4v) is 3.65. The molecule has 0 saturated carbocycles. The van der Waals surface area contributed by atoms with Crippen LogP contribution < -0.4 is 5.32 Å². The third kappa shape index (κ3) is 6.10. The number of amides is 1. The molecule has 0 aromatic heterocycles. The van der Waals surface area contributed by atoms with E-state index >= 15 is 0 Å². The van der Waals surface area contributed by atoms with Crippen LogP contribution in [-0.4, -0.2) is 37.0 Å². The molecule has 3 rings (SSSR count). The van der Waals surface area contributed by atoms with Gasteiger partial charge in [0.15, 0.2) is 0 Å². The third-order valence-corrected chi connectivity index (χ3v) is 5.32. The molecule has 2 aromatic carbocycles. The van der Waals surface area contributed by atoms with Crippen LogP contribution in [-0.2, 0) is 0 Å². The Balaban J connectivity index is 1.51. The zero-order valence-corrected chi connectivity index (χ0v) is 16.8. The van der Waals surface area contributed by atoms with E-state index in [0.29, 0.717) is 22.2 Å². The summed E-state index contributed by atoms with van der Waals surface area (Å²) in [4.78, 5) is 14.7. The summed E-state index contributed by atoms with van der Waals surface area (Å²) in [7, 11) is 0. The smallest absolute Gasteiger partial charge is 0.251 e. The number of piperidine rings is 1. The molecule has 142 valence electrons. The molecule has 2 aromatic rings. The van der Waals surface area contributed by atoms with E-state index in [4.69, 9.17) is 23.2 Å². The van der Waals surface area contributed by atoms with Gasteiger partial charge in [0.2, 0.25) is 0 Å². The highest BCUT2D eigenvalue weighted by Crippen LogP contribution is 2.23. The van der Waals surface area contributed by atoms with Crippen molar-refractivity contribution >= 4 is 41.3 Å². The Morgan fingerprint density at radius 3 is 2.44 bits per heavy atom. The van der Waals surface area contributed by atoms with E-state index < -0.39 is 0 Å². The maximum Gasteiger partial charge on any atom is 0.251 e. The molecule has 1 saturated heterocycles. The molecule has 5 heteroatoms. The number of nitrogens with zero attached hydrogens (tertiary/aromatic N) is 1. The van der Waals surface area contributed by atoms with Gasteiger partial charge in [-0.1, -0.05) is 60.0 Å². The molecule has 1 aliphatic heterocycles. The van der Waals surface area contributed by atoms with Crippen LogP contribution in [0.2, 0.25) is 10.0 Å². The summed E-state index contributed by atoms with van der Waals surface area (Å²) in [6.45, 7) is 3.91. The highest BCUT2D eigenvalue weighted by molar-refractivity contribution is 6.35. The molecule has 0 atom stereocenters. The van der Waals surface area contributed by atoms with Crippen molar-refractivity contribution in [3.63, 3.8) is 0 Å². The molecular weight excluding hydrogens is 379 g/mol. The van der Waals surface area contributed by atoms with Gasteiger partial charge in [-0.25, -0.2) is 0 Å². The van der Waals surface area contributed by atoms with Gasteiger partial charge in [0, 0.05) is 28.7 Å². The van der Waals surface area contributed by atoms with Crippen molar-refractivity contribution in [1.29, 1.82) is 0 Å². The Hall–Kier alpha value is -1.81. The van der Waals surface area contributed by atoms with Crippen LogP contribution in [0.3, 0.4) is 0 Å². The number of hydrogen-bond donors (Lipinski definition) is 1. The number of likely N-dealkylation sites (tertiary alicyclic amines) is 1. The van der Waals surface area contributed by atoms with E-state index in [-0.39, 0.29) is 5.91 Å². The standard InChI is InChI=1S/C22H24Cl2N2O/c23-20-11-10-18(21(24)16-20)7-4-17-5-8-19(9-6-17)22(27)25-12-15-26-13-2-1-3-14-26/h4-11,16H,1-3,12-15H2,(H,25,27)/b7-4+. The zero-order valence-electron chi connectivity index (χ0n) is 15.3. The SMILES string of the molecule is O=C(NCCN1CCCCC1)c1ccc(/C=C/c2ccc(Cl)cc2Cl)cc1. The van der Waals surface area contributed by atoms with Crippen LogP contribution in [0, 0.1) is 0 Å². The van der Waals surface area contributed by atoms with Gasteiger partial charge in [-0.3, -0.25) is 4.79 Å². The van der Waals surface area contributed by atoms with E-state index in [2.05, 4.69) is 10.2 Å². The minimum atomic E-state index is -0.0247. The summed E-state index contributed by atoms with van der Waals surface area (Å²) in [5.41, 5.74) is 2.59. The fraction of sp³-hybridized carbons (Fsp3) is 0.318. The summed E-state index contributed by atoms with van der Waals surface area (Å²) in [6.07, 6.45) is 7.77. The Bertz CT molecular complexity index is 796. The molecule has 1 fully saturated rings. The second kappa shape index (κ2) is 9.93. The normalized spacial score (nSPS) is 15.2. The maximum atomic E-state index is 12.3. The van der Waals surface area contributed by atoms with Gasteiger partial charge in [-0.05, 0) is 61.3 Å². The quantitative estimate of drug-likeness (QED) is 0.657. The van der Waals surface area contributed by atoms with E-state index in [9.17, 15) is 4.79 Å². The zero-order chi connectivity index (χ0) is 19.1. The molecule has 3 nitrogen and oxygen atoms in total.